The molecule has 42 heavy (non-hydrogen) atoms. The highest BCUT2D eigenvalue weighted by Crippen LogP contribution is 2.24. The molecule has 3 amide bonds. The van der Waals surface area contributed by atoms with E-state index in [4.69, 9.17) is 9.47 Å². The van der Waals surface area contributed by atoms with Gasteiger partial charge in [0.25, 0.3) is 11.8 Å². The zero-order valence-electron chi connectivity index (χ0n) is 23.5. The number of methoxy groups -OCH3 is 1. The van der Waals surface area contributed by atoms with Gasteiger partial charge in [0.05, 0.1) is 13.2 Å². The first-order valence-electron chi connectivity index (χ1n) is 12.7. The maximum Gasteiger partial charge on any atom is 0.405 e. The first-order valence-corrected chi connectivity index (χ1v) is 12.7. The van der Waals surface area contributed by atoms with Crippen LogP contribution in [0.15, 0.2) is 42.5 Å². The molecule has 0 aliphatic heterocycles. The summed E-state index contributed by atoms with van der Waals surface area (Å²) >= 11 is 0. The number of halogens is 5. The van der Waals surface area contributed by atoms with Crippen LogP contribution < -0.4 is 25.4 Å². The fourth-order valence-electron chi connectivity index (χ4n) is 3.83. The predicted molar refractivity (Wildman–Crippen MR) is 141 cm³/mol. The van der Waals surface area contributed by atoms with Crippen LogP contribution in [0.4, 0.5) is 22.0 Å². The Morgan fingerprint density at radius 2 is 1.43 bits per heavy atom. The van der Waals surface area contributed by atoms with Crippen molar-refractivity contribution in [3.05, 3.63) is 59.2 Å². The molecule has 3 N–H and O–H groups in total. The van der Waals surface area contributed by atoms with Crippen molar-refractivity contribution < 1.29 is 50.6 Å². The van der Waals surface area contributed by atoms with Crippen LogP contribution >= 0.6 is 0 Å². The van der Waals surface area contributed by atoms with Gasteiger partial charge in [0.1, 0.15) is 24.1 Å². The SMILES string of the molecule is COc1ccc([C@H](NC(=O)COc2cc(C)cc(C)c2)C(=O)N[C@H](C(=O)C(F)(F)C(=O)NCC(F)(F)F)C(C)C)cc1. The highest BCUT2D eigenvalue weighted by atomic mass is 19.4. The number of carbonyl (C=O) groups excluding carboxylic acids is 4. The predicted octanol–water partition coefficient (Wildman–Crippen LogP) is 3.57. The van der Waals surface area contributed by atoms with Crippen LogP contribution in [0.2, 0.25) is 0 Å². The maximum atomic E-state index is 14.6. The van der Waals surface area contributed by atoms with Crippen molar-refractivity contribution in [2.24, 2.45) is 5.92 Å². The number of rotatable bonds is 13. The summed E-state index contributed by atoms with van der Waals surface area (Å²) in [6.07, 6.45) is -4.99. The highest BCUT2D eigenvalue weighted by molar-refractivity contribution is 6.10. The molecule has 0 aliphatic carbocycles. The number of benzene rings is 2. The molecule has 0 radical (unpaired) electrons. The monoisotopic (exact) mass is 601 g/mol. The number of nitrogens with one attached hydrogen (secondary N) is 3. The van der Waals surface area contributed by atoms with E-state index in [0.717, 1.165) is 16.4 Å². The van der Waals surface area contributed by atoms with Gasteiger partial charge >= 0.3 is 12.1 Å². The molecular weight excluding hydrogens is 569 g/mol. The van der Waals surface area contributed by atoms with Crippen LogP contribution in [-0.4, -0.2) is 61.9 Å². The van der Waals surface area contributed by atoms with Gasteiger partial charge < -0.3 is 25.4 Å². The number of alkyl halides is 5. The van der Waals surface area contributed by atoms with E-state index in [9.17, 15) is 41.1 Å². The summed E-state index contributed by atoms with van der Waals surface area (Å²) < 4.78 is 77.0. The first kappa shape index (κ1) is 34.0. The third-order valence-electron chi connectivity index (χ3n) is 5.87. The number of amides is 3. The zero-order chi connectivity index (χ0) is 31.8. The van der Waals surface area contributed by atoms with Crippen molar-refractivity contribution >= 4 is 23.5 Å². The van der Waals surface area contributed by atoms with Gasteiger partial charge in [0.15, 0.2) is 6.61 Å². The van der Waals surface area contributed by atoms with Crippen LogP contribution in [-0.2, 0) is 19.2 Å². The van der Waals surface area contributed by atoms with E-state index in [1.165, 1.54) is 45.2 Å². The average Bonchev–Trinajstić information content (AvgIpc) is 2.90. The van der Waals surface area contributed by atoms with Gasteiger partial charge in [0.2, 0.25) is 11.7 Å². The Hall–Kier alpha value is -4.23. The first-order chi connectivity index (χ1) is 19.4. The molecule has 9 nitrogen and oxygen atoms in total. The lowest BCUT2D eigenvalue weighted by atomic mass is 9.94. The van der Waals surface area contributed by atoms with Crippen LogP contribution in [0, 0.1) is 19.8 Å². The topological polar surface area (TPSA) is 123 Å². The Morgan fingerprint density at radius 1 is 0.857 bits per heavy atom. The second-order valence-electron chi connectivity index (χ2n) is 9.85. The van der Waals surface area contributed by atoms with Crippen molar-refractivity contribution in [1.29, 1.82) is 0 Å². The van der Waals surface area contributed by atoms with Crippen LogP contribution in [0.1, 0.15) is 36.6 Å². The Balaban J connectivity index is 2.27. The number of hydrogen-bond donors (Lipinski definition) is 3. The molecule has 0 aromatic heterocycles. The number of aryl methyl sites for hydroxylation is 2. The quantitative estimate of drug-likeness (QED) is 0.238. The van der Waals surface area contributed by atoms with E-state index in [0.29, 0.717) is 11.5 Å². The third-order valence-corrected chi connectivity index (χ3v) is 5.87. The summed E-state index contributed by atoms with van der Waals surface area (Å²) in [5.41, 5.74) is 1.95. The van der Waals surface area contributed by atoms with Crippen LogP contribution in [0.25, 0.3) is 0 Å². The van der Waals surface area contributed by atoms with Gasteiger partial charge in [-0.2, -0.15) is 22.0 Å². The summed E-state index contributed by atoms with van der Waals surface area (Å²) in [7, 11) is 1.40. The van der Waals surface area contributed by atoms with Crippen molar-refractivity contribution in [2.75, 3.05) is 20.3 Å². The van der Waals surface area contributed by atoms with E-state index in [-0.39, 0.29) is 5.56 Å². The zero-order valence-corrected chi connectivity index (χ0v) is 23.5. The number of ether oxygens (including phenoxy) is 2. The van der Waals surface area contributed by atoms with Crippen LogP contribution in [0.3, 0.4) is 0 Å². The average molecular weight is 602 g/mol. The van der Waals surface area contributed by atoms with Gasteiger partial charge in [-0.05, 0) is 60.7 Å². The molecule has 0 saturated heterocycles. The Kier molecular flexibility index (Phi) is 11.4. The van der Waals surface area contributed by atoms with E-state index in [2.05, 4.69) is 10.6 Å². The number of hydrogen-bond acceptors (Lipinski definition) is 6. The summed E-state index contributed by atoms with van der Waals surface area (Å²) in [6.45, 7) is 3.63. The minimum absolute atomic E-state index is 0.178. The Bertz CT molecular complexity index is 1260. The molecule has 2 aromatic carbocycles. The van der Waals surface area contributed by atoms with E-state index in [1.807, 2.05) is 19.9 Å². The van der Waals surface area contributed by atoms with Gasteiger partial charge in [-0.3, -0.25) is 19.2 Å². The van der Waals surface area contributed by atoms with Crippen molar-refractivity contribution in [3.8, 4) is 11.5 Å². The van der Waals surface area contributed by atoms with E-state index >= 15 is 0 Å². The van der Waals surface area contributed by atoms with E-state index < -0.39 is 66.8 Å². The Morgan fingerprint density at radius 3 is 1.93 bits per heavy atom. The Labute approximate surface area is 239 Å². The lowest BCUT2D eigenvalue weighted by molar-refractivity contribution is -0.165. The second kappa shape index (κ2) is 14.1. The molecular formula is C28H32F5N3O6. The minimum atomic E-state index is -4.99. The maximum absolute atomic E-state index is 14.6. The van der Waals surface area contributed by atoms with Gasteiger partial charge in [-0.1, -0.05) is 32.0 Å². The summed E-state index contributed by atoms with van der Waals surface area (Å²) in [6, 6.07) is 7.53. The van der Waals surface area contributed by atoms with E-state index in [1.54, 1.807) is 12.1 Å². The normalized spacial score (nSPS) is 13.1. The standard InChI is InChI=1S/C28H32F5N3O6/c1-15(2)22(24(38)28(32,33)26(40)34-14-27(29,30)31)36-25(39)23(18-6-8-19(41-5)9-7-18)35-21(37)13-42-20-11-16(3)10-17(4)12-20/h6-12,15,22-23H,13-14H2,1-5H3,(H,34,40)(H,35,37)(H,36,39)/t22-,23-/m0/s1. The van der Waals surface area contributed by atoms with Gasteiger partial charge in [-0.25, -0.2) is 0 Å². The molecule has 230 valence electrons. The molecule has 2 rings (SSSR count). The van der Waals surface area contributed by atoms with Crippen molar-refractivity contribution in [1.82, 2.24) is 16.0 Å². The van der Waals surface area contributed by atoms with Gasteiger partial charge in [-0.15, -0.1) is 0 Å². The third kappa shape index (κ3) is 9.70. The molecule has 0 aliphatic rings. The fourth-order valence-corrected chi connectivity index (χ4v) is 3.83. The molecule has 0 spiro atoms. The molecule has 0 saturated carbocycles. The van der Waals surface area contributed by atoms with Crippen molar-refractivity contribution in [2.45, 2.75) is 51.9 Å². The summed E-state index contributed by atoms with van der Waals surface area (Å²) in [4.78, 5) is 50.5. The molecule has 0 fully saturated rings. The smallest absolute Gasteiger partial charge is 0.405 e. The lowest BCUT2D eigenvalue weighted by Gasteiger charge is -2.27. The molecule has 14 heteroatoms. The number of Topliss-reactive ketones (excluding diaryl/α,β-unsaturated/α-hetero) is 1. The molecule has 2 atom stereocenters. The van der Waals surface area contributed by atoms with Crippen molar-refractivity contribution in [3.63, 3.8) is 0 Å². The molecule has 0 unspecified atom stereocenters. The number of carbonyl (C=O) groups is 4. The highest BCUT2D eigenvalue weighted by Gasteiger charge is 2.52. The van der Waals surface area contributed by atoms with Gasteiger partial charge in [0, 0.05) is 0 Å². The fraction of sp³-hybridized carbons (Fsp3) is 0.429. The largest absolute Gasteiger partial charge is 0.497 e. The second-order valence-corrected chi connectivity index (χ2v) is 9.85. The number of ketones is 1. The minimum Gasteiger partial charge on any atom is -0.497 e. The summed E-state index contributed by atoms with van der Waals surface area (Å²) in [5, 5.41) is 5.53. The summed E-state index contributed by atoms with van der Waals surface area (Å²) in [5.74, 6) is -11.6. The lowest BCUT2D eigenvalue weighted by Crippen LogP contribution is -2.58. The molecule has 2 aromatic rings. The molecule has 0 heterocycles. The van der Waals surface area contributed by atoms with Crippen LogP contribution in [0.5, 0.6) is 11.5 Å². The molecule has 0 bridgehead atoms.